The molecule has 0 radical (unpaired) electrons. The molecule has 22 heavy (non-hydrogen) atoms. The third kappa shape index (κ3) is 2.34. The van der Waals surface area contributed by atoms with Crippen LogP contribution in [0, 0.1) is 0 Å². The quantitative estimate of drug-likeness (QED) is 0.731. The normalized spacial score (nSPS) is 35.7. The molecule has 2 saturated heterocycles. The smallest absolute Gasteiger partial charge is 0.116 e. The van der Waals surface area contributed by atoms with Crippen molar-refractivity contribution in [3.05, 3.63) is 23.3 Å². The lowest BCUT2D eigenvalue weighted by molar-refractivity contribution is 0.111. The Kier molecular flexibility index (Phi) is 3.86. The maximum atomic E-state index is 10.2. The second kappa shape index (κ2) is 5.85. The number of hydrogen-bond donors (Lipinski definition) is 3. The molecule has 1 aromatic heterocycles. The Morgan fingerprint density at radius 1 is 1.18 bits per heavy atom. The molecule has 6 nitrogen and oxygen atoms in total. The first-order valence-electron chi connectivity index (χ1n) is 8.45. The first-order valence-corrected chi connectivity index (χ1v) is 8.45. The molecular weight excluding hydrogens is 278 g/mol. The van der Waals surface area contributed by atoms with E-state index in [-0.39, 0.29) is 0 Å². The van der Waals surface area contributed by atoms with E-state index < -0.39 is 6.10 Å². The van der Waals surface area contributed by atoms with Gasteiger partial charge in [0.15, 0.2) is 0 Å². The molecule has 2 aliphatic heterocycles. The van der Waals surface area contributed by atoms with Crippen molar-refractivity contribution < 1.29 is 5.11 Å². The fourth-order valence-corrected chi connectivity index (χ4v) is 4.36. The van der Waals surface area contributed by atoms with Gasteiger partial charge in [-0.15, -0.1) is 0 Å². The molecule has 2 fully saturated rings. The largest absolute Gasteiger partial charge is 0.387 e. The van der Waals surface area contributed by atoms with E-state index in [1.807, 2.05) is 0 Å². The second-order valence-electron chi connectivity index (χ2n) is 6.81. The van der Waals surface area contributed by atoms with Crippen molar-refractivity contribution in [2.75, 3.05) is 32.7 Å². The number of aromatic nitrogens is 2. The van der Waals surface area contributed by atoms with E-state index in [9.17, 15) is 5.11 Å². The van der Waals surface area contributed by atoms with E-state index in [2.05, 4.69) is 32.4 Å². The van der Waals surface area contributed by atoms with Gasteiger partial charge in [0.1, 0.15) is 6.33 Å². The lowest BCUT2D eigenvalue weighted by Crippen LogP contribution is -2.51. The maximum absolute atomic E-state index is 10.2. The zero-order valence-electron chi connectivity index (χ0n) is 13.1. The summed E-state index contributed by atoms with van der Waals surface area (Å²) in [5.74, 6) is 0.340. The van der Waals surface area contributed by atoms with Crippen LogP contribution in [0.2, 0.25) is 0 Å². The summed E-state index contributed by atoms with van der Waals surface area (Å²) in [5, 5.41) is 17.2. The number of aliphatic hydroxyl groups excluding tert-OH is 1. The lowest BCUT2D eigenvalue weighted by atomic mass is 9.96. The average Bonchev–Trinajstić information content (AvgIpc) is 3.17. The fraction of sp³-hybridized carbons (Fsp3) is 0.750. The van der Waals surface area contributed by atoms with Crippen LogP contribution in [0.3, 0.4) is 0 Å². The highest BCUT2D eigenvalue weighted by atomic mass is 16.3. The predicted molar refractivity (Wildman–Crippen MR) is 83.6 cm³/mol. The number of hydrogen-bond acceptors (Lipinski definition) is 6. The molecular formula is C16H25N5O. The zero-order valence-corrected chi connectivity index (χ0v) is 13.1. The van der Waals surface area contributed by atoms with Crippen LogP contribution in [0.15, 0.2) is 6.33 Å². The molecule has 0 saturated carbocycles. The Bertz CT molecular complexity index is 545. The highest BCUT2D eigenvalue weighted by molar-refractivity contribution is 5.36. The molecule has 120 valence electrons. The predicted octanol–water partition coefficient (Wildman–Crippen LogP) is 0.325. The van der Waals surface area contributed by atoms with Crippen molar-refractivity contribution in [1.29, 1.82) is 0 Å². The van der Waals surface area contributed by atoms with Gasteiger partial charge in [0.05, 0.1) is 23.5 Å². The summed E-state index contributed by atoms with van der Waals surface area (Å²) in [7, 11) is 0. The highest BCUT2D eigenvalue weighted by Gasteiger charge is 2.38. The summed E-state index contributed by atoms with van der Waals surface area (Å²) in [6.07, 6.45) is 3.19. The Morgan fingerprint density at radius 2 is 2.00 bits per heavy atom. The Morgan fingerprint density at radius 3 is 2.82 bits per heavy atom. The van der Waals surface area contributed by atoms with Gasteiger partial charge in [0.25, 0.3) is 0 Å². The van der Waals surface area contributed by atoms with E-state index in [1.54, 1.807) is 6.33 Å². The molecule has 3 N–H and O–H groups in total. The van der Waals surface area contributed by atoms with Gasteiger partial charge in [-0.05, 0) is 25.3 Å². The van der Waals surface area contributed by atoms with Crippen LogP contribution in [-0.4, -0.2) is 58.7 Å². The third-order valence-corrected chi connectivity index (χ3v) is 5.43. The fourth-order valence-electron chi connectivity index (χ4n) is 4.36. The van der Waals surface area contributed by atoms with Gasteiger partial charge >= 0.3 is 0 Å². The van der Waals surface area contributed by atoms with Gasteiger partial charge in [-0.3, -0.25) is 4.90 Å². The minimum Gasteiger partial charge on any atom is -0.387 e. The number of rotatable bonds is 2. The van der Waals surface area contributed by atoms with Gasteiger partial charge in [0.2, 0.25) is 0 Å². The number of piperazine rings is 1. The second-order valence-corrected chi connectivity index (χ2v) is 6.81. The molecule has 6 heteroatoms. The number of aliphatic hydroxyl groups is 1. The topological polar surface area (TPSA) is 73.3 Å². The SMILES string of the molecule is C[C@@H]1C[C@@H](O)c2ncnc([C@@H]3CNCCN3C3CCNC3)c21. The maximum Gasteiger partial charge on any atom is 0.116 e. The van der Waals surface area contributed by atoms with E-state index in [0.717, 1.165) is 50.5 Å². The van der Waals surface area contributed by atoms with E-state index >= 15 is 0 Å². The van der Waals surface area contributed by atoms with Crippen molar-refractivity contribution in [3.63, 3.8) is 0 Å². The molecule has 1 unspecified atom stereocenters. The van der Waals surface area contributed by atoms with Crippen LogP contribution in [-0.2, 0) is 0 Å². The standard InChI is InChI=1S/C16H25N5O/c1-10-6-13(22)16-14(10)15(19-9-20-16)12-8-18-4-5-21(12)11-2-3-17-7-11/h9-13,17-18,22H,2-8H2,1H3/t10-,11?,12+,13-/m1/s1. The van der Waals surface area contributed by atoms with Crippen LogP contribution in [0.4, 0.5) is 0 Å². The lowest BCUT2D eigenvalue weighted by Gasteiger charge is -2.40. The molecule has 0 aromatic carbocycles. The summed E-state index contributed by atoms with van der Waals surface area (Å²) in [4.78, 5) is 11.6. The van der Waals surface area contributed by atoms with Gasteiger partial charge in [-0.25, -0.2) is 9.97 Å². The molecule has 4 rings (SSSR count). The van der Waals surface area contributed by atoms with Crippen molar-refractivity contribution in [2.45, 2.75) is 43.9 Å². The van der Waals surface area contributed by atoms with Crippen molar-refractivity contribution in [1.82, 2.24) is 25.5 Å². The van der Waals surface area contributed by atoms with Gasteiger partial charge in [-0.2, -0.15) is 0 Å². The van der Waals surface area contributed by atoms with Crippen molar-refractivity contribution in [2.24, 2.45) is 0 Å². The number of fused-ring (bicyclic) bond motifs is 1. The van der Waals surface area contributed by atoms with E-state index in [1.165, 1.54) is 12.0 Å². The number of nitrogens with zero attached hydrogens (tertiary/aromatic N) is 3. The summed E-state index contributed by atoms with van der Waals surface area (Å²) >= 11 is 0. The van der Waals surface area contributed by atoms with Crippen LogP contribution >= 0.6 is 0 Å². The summed E-state index contributed by atoms with van der Waals surface area (Å²) in [6.45, 7) is 7.40. The molecule has 1 aliphatic carbocycles. The molecule has 1 aromatic rings. The van der Waals surface area contributed by atoms with Crippen molar-refractivity contribution in [3.8, 4) is 0 Å². The summed E-state index contributed by atoms with van der Waals surface area (Å²) < 4.78 is 0. The van der Waals surface area contributed by atoms with Crippen LogP contribution in [0.1, 0.15) is 54.8 Å². The molecule has 0 amide bonds. The van der Waals surface area contributed by atoms with E-state index in [0.29, 0.717) is 18.0 Å². The molecule has 3 heterocycles. The van der Waals surface area contributed by atoms with Gasteiger partial charge in [0, 0.05) is 37.8 Å². The van der Waals surface area contributed by atoms with Crippen LogP contribution in [0.25, 0.3) is 0 Å². The Labute approximate surface area is 131 Å². The monoisotopic (exact) mass is 303 g/mol. The summed E-state index contributed by atoms with van der Waals surface area (Å²) in [6, 6.07) is 0.891. The molecule has 3 aliphatic rings. The first kappa shape index (κ1) is 14.5. The van der Waals surface area contributed by atoms with Gasteiger partial charge in [-0.1, -0.05) is 6.92 Å². The molecule has 0 spiro atoms. The Balaban J connectivity index is 1.70. The third-order valence-electron chi connectivity index (χ3n) is 5.43. The summed E-state index contributed by atoms with van der Waals surface area (Å²) in [5.41, 5.74) is 3.18. The van der Waals surface area contributed by atoms with Crippen LogP contribution < -0.4 is 10.6 Å². The Hall–Kier alpha value is -1.08. The first-order chi connectivity index (χ1) is 10.8. The average molecular weight is 303 g/mol. The van der Waals surface area contributed by atoms with Crippen LogP contribution in [0.5, 0.6) is 0 Å². The minimum absolute atomic E-state index is 0.295. The van der Waals surface area contributed by atoms with E-state index in [4.69, 9.17) is 0 Å². The number of nitrogens with one attached hydrogen (secondary N) is 2. The van der Waals surface area contributed by atoms with Gasteiger partial charge < -0.3 is 15.7 Å². The zero-order chi connectivity index (χ0) is 15.1. The molecule has 4 atom stereocenters. The molecule has 0 bridgehead atoms. The minimum atomic E-state index is -0.426. The highest BCUT2D eigenvalue weighted by Crippen LogP contribution is 2.42. The van der Waals surface area contributed by atoms with Crippen molar-refractivity contribution >= 4 is 0 Å².